The Morgan fingerprint density at radius 3 is 2.73 bits per heavy atom. The van der Waals surface area contributed by atoms with E-state index in [4.69, 9.17) is 4.74 Å². The lowest BCUT2D eigenvalue weighted by Crippen LogP contribution is -2.37. The van der Waals surface area contributed by atoms with Gasteiger partial charge in [-0.25, -0.2) is 4.79 Å². The number of ether oxygens (including phenoxy) is 1. The van der Waals surface area contributed by atoms with Crippen molar-refractivity contribution in [1.29, 1.82) is 0 Å². The number of aliphatic hydroxyl groups is 3. The molecule has 0 bridgehead atoms. The van der Waals surface area contributed by atoms with Crippen molar-refractivity contribution in [3.63, 3.8) is 0 Å². The largest absolute Gasteiger partial charge is 0.505 e. The van der Waals surface area contributed by atoms with Gasteiger partial charge in [-0.3, -0.25) is 19.1 Å². The van der Waals surface area contributed by atoms with Crippen molar-refractivity contribution in [2.45, 2.75) is 22.4 Å². The van der Waals surface area contributed by atoms with E-state index in [1.807, 2.05) is 27.6 Å². The molecule has 0 amide bonds. The lowest BCUT2D eigenvalue weighted by Gasteiger charge is -2.17. The first kappa shape index (κ1) is 16.9. The molecule has 4 N–H and O–H groups in total. The molecular weight excluding hydrogens is 411 g/mol. The number of rotatable bonds is 4. The fourth-order valence-corrected chi connectivity index (χ4v) is 2.82. The molecule has 9 nitrogen and oxygen atoms in total. The maximum atomic E-state index is 11.9. The average molecular weight is 424 g/mol. The summed E-state index contributed by atoms with van der Waals surface area (Å²) in [4.78, 5) is 35.9. The Kier molecular flexibility index (Phi) is 5.16. The van der Waals surface area contributed by atoms with Gasteiger partial charge in [0.1, 0.15) is 6.10 Å². The molecule has 1 aliphatic heterocycles. The van der Waals surface area contributed by atoms with Crippen molar-refractivity contribution in [3.8, 4) is 0 Å². The summed E-state index contributed by atoms with van der Waals surface area (Å²) in [6, 6.07) is 0. The van der Waals surface area contributed by atoms with Gasteiger partial charge >= 0.3 is 5.69 Å². The number of allylic oxidation sites excluding steroid dienone is 1. The van der Waals surface area contributed by atoms with Crippen LogP contribution in [0.15, 0.2) is 21.5 Å². The first-order valence-corrected chi connectivity index (χ1v) is 7.43. The summed E-state index contributed by atoms with van der Waals surface area (Å²) in [6.45, 7) is -0.335. The highest BCUT2D eigenvalue weighted by molar-refractivity contribution is 14.1. The van der Waals surface area contributed by atoms with E-state index in [9.17, 15) is 29.7 Å². The zero-order valence-corrected chi connectivity index (χ0v) is 13.2. The molecule has 1 aromatic heterocycles. The fraction of sp³-hybridized carbons (Fsp3) is 0.417. The smallest absolute Gasteiger partial charge is 0.330 e. The molecule has 0 saturated carbocycles. The van der Waals surface area contributed by atoms with Gasteiger partial charge in [-0.05, 0) is 6.08 Å². The lowest BCUT2D eigenvalue weighted by molar-refractivity contribution is -0.106. The zero-order valence-electron chi connectivity index (χ0n) is 11.0. The Balaban J connectivity index is 2.48. The van der Waals surface area contributed by atoms with Crippen molar-refractivity contribution >= 4 is 35.0 Å². The number of carbonyl (C=O) groups excluding carboxylic acids is 1. The normalized spacial score (nSPS) is 28.8. The Bertz CT molecular complexity index is 710. The van der Waals surface area contributed by atoms with Crippen molar-refractivity contribution in [2.24, 2.45) is 0 Å². The molecule has 10 heteroatoms. The van der Waals surface area contributed by atoms with Crippen LogP contribution in [0.3, 0.4) is 0 Å². The highest BCUT2D eigenvalue weighted by Crippen LogP contribution is 2.33. The van der Waals surface area contributed by atoms with Crippen molar-refractivity contribution in [1.82, 2.24) is 9.55 Å². The van der Waals surface area contributed by atoms with Crippen molar-refractivity contribution < 1.29 is 24.9 Å². The van der Waals surface area contributed by atoms with Crippen LogP contribution in [0, 0.1) is 0 Å². The van der Waals surface area contributed by atoms with E-state index in [1.54, 1.807) is 0 Å². The summed E-state index contributed by atoms with van der Waals surface area (Å²) in [5.41, 5.74) is -1.77. The highest BCUT2D eigenvalue weighted by Gasteiger charge is 2.43. The predicted octanol–water partition coefficient (Wildman–Crippen LogP) is -1.31. The highest BCUT2D eigenvalue weighted by atomic mass is 127. The predicted molar refractivity (Wildman–Crippen MR) is 82.8 cm³/mol. The number of alkyl halides is 1. The van der Waals surface area contributed by atoms with Crippen LogP contribution in [-0.2, 0) is 9.53 Å². The van der Waals surface area contributed by atoms with Gasteiger partial charge in [0.05, 0.1) is 22.2 Å². The minimum absolute atomic E-state index is 0.137. The zero-order chi connectivity index (χ0) is 16.4. The van der Waals surface area contributed by atoms with E-state index in [1.165, 1.54) is 0 Å². The number of aromatic nitrogens is 2. The number of H-pyrrole nitrogens is 1. The van der Waals surface area contributed by atoms with Gasteiger partial charge in [0.2, 0.25) is 0 Å². The average Bonchev–Trinajstić information content (AvgIpc) is 2.77. The van der Waals surface area contributed by atoms with Crippen molar-refractivity contribution in [2.75, 3.05) is 6.61 Å². The van der Waals surface area contributed by atoms with Gasteiger partial charge in [-0.15, -0.1) is 0 Å². The second-order valence-electron chi connectivity index (χ2n) is 4.62. The minimum atomic E-state index is -1.10. The summed E-state index contributed by atoms with van der Waals surface area (Å²) in [6.07, 6.45) is -0.765. The molecule has 2 unspecified atom stereocenters. The molecule has 0 spiro atoms. The monoisotopic (exact) mass is 424 g/mol. The van der Waals surface area contributed by atoms with Gasteiger partial charge < -0.3 is 20.1 Å². The van der Waals surface area contributed by atoms with Crippen LogP contribution in [0.5, 0.6) is 0 Å². The quantitative estimate of drug-likeness (QED) is 0.155. The molecule has 22 heavy (non-hydrogen) atoms. The molecule has 1 saturated heterocycles. The molecule has 4 atom stereocenters. The third kappa shape index (κ3) is 3.14. The van der Waals surface area contributed by atoms with Crippen LogP contribution < -0.4 is 11.2 Å². The summed E-state index contributed by atoms with van der Waals surface area (Å²) in [5, 5.41) is 28.5. The van der Waals surface area contributed by atoms with E-state index in [2.05, 4.69) is 0 Å². The Morgan fingerprint density at radius 2 is 2.18 bits per heavy atom. The summed E-state index contributed by atoms with van der Waals surface area (Å²) >= 11 is 1.89. The van der Waals surface area contributed by atoms with Crippen LogP contribution in [0.4, 0.5) is 0 Å². The third-order valence-electron chi connectivity index (χ3n) is 3.16. The van der Waals surface area contributed by atoms with E-state index >= 15 is 0 Å². The summed E-state index contributed by atoms with van der Waals surface area (Å²) < 4.78 is 5.90. The second-order valence-corrected chi connectivity index (χ2v) is 6.06. The SMILES string of the molecule is O=CC(O)=Cc1cn([C@H]2O[C@@H](CO)C(I)C2O)c(=O)[nH]c1=O. The standard InChI is InChI=1S/C12H13IN2O7/c13-8-7(4-17)22-11(9(8)19)15-2-5(1-6(18)3-16)10(20)14-12(15)21/h1-3,7-9,11,17-19H,4H2,(H,14,20,21)/t7-,8?,9?,11-/m0/s1. The lowest BCUT2D eigenvalue weighted by atomic mass is 10.2. The topological polar surface area (TPSA) is 142 Å². The number of aldehydes is 1. The van der Waals surface area contributed by atoms with Crippen LogP contribution in [0.1, 0.15) is 11.8 Å². The van der Waals surface area contributed by atoms with Gasteiger partial charge in [-0.1, -0.05) is 22.6 Å². The number of halogens is 1. The van der Waals surface area contributed by atoms with Gasteiger partial charge in [0, 0.05) is 6.20 Å². The molecule has 1 aliphatic rings. The van der Waals surface area contributed by atoms with E-state index < -0.39 is 39.4 Å². The van der Waals surface area contributed by atoms with E-state index in [-0.39, 0.29) is 18.5 Å². The molecule has 2 rings (SSSR count). The number of hydrogen-bond acceptors (Lipinski definition) is 7. The Labute approximate surface area is 137 Å². The molecule has 0 aliphatic carbocycles. The third-order valence-corrected chi connectivity index (χ3v) is 4.70. The number of nitrogens with zero attached hydrogens (tertiary/aromatic N) is 1. The van der Waals surface area contributed by atoms with E-state index in [0.29, 0.717) is 0 Å². The Hall–Kier alpha value is -1.50. The first-order valence-electron chi connectivity index (χ1n) is 6.18. The number of carbonyl (C=O) groups is 1. The molecular formula is C12H13IN2O7. The maximum absolute atomic E-state index is 11.9. The molecule has 0 aromatic carbocycles. The molecule has 1 aromatic rings. The molecule has 1 fully saturated rings. The molecule has 120 valence electrons. The van der Waals surface area contributed by atoms with Crippen LogP contribution >= 0.6 is 22.6 Å². The summed E-state index contributed by atoms with van der Waals surface area (Å²) in [5.74, 6) is -0.691. The van der Waals surface area contributed by atoms with Crippen LogP contribution in [-0.4, -0.2) is 53.9 Å². The number of nitrogens with one attached hydrogen (secondary N) is 1. The second kappa shape index (κ2) is 6.73. The number of aromatic amines is 1. The molecule has 2 heterocycles. The van der Waals surface area contributed by atoms with Gasteiger partial charge in [0.15, 0.2) is 18.3 Å². The van der Waals surface area contributed by atoms with Crippen LogP contribution in [0.25, 0.3) is 6.08 Å². The van der Waals surface area contributed by atoms with Gasteiger partial charge in [0.25, 0.3) is 5.56 Å². The summed E-state index contributed by atoms with van der Waals surface area (Å²) in [7, 11) is 0. The number of aliphatic hydroxyl groups excluding tert-OH is 3. The maximum Gasteiger partial charge on any atom is 0.330 e. The Morgan fingerprint density at radius 1 is 1.50 bits per heavy atom. The fourth-order valence-electron chi connectivity index (χ4n) is 2.07. The van der Waals surface area contributed by atoms with Gasteiger partial charge in [-0.2, -0.15) is 0 Å². The first-order chi connectivity index (χ1) is 10.4. The number of hydrogen-bond donors (Lipinski definition) is 4. The van der Waals surface area contributed by atoms with Crippen molar-refractivity contribution in [3.05, 3.63) is 38.4 Å². The minimum Gasteiger partial charge on any atom is -0.505 e. The van der Waals surface area contributed by atoms with E-state index in [0.717, 1.165) is 16.8 Å². The van der Waals surface area contributed by atoms with Crippen LogP contribution in [0.2, 0.25) is 0 Å². The molecule has 0 radical (unpaired) electrons.